The van der Waals surface area contributed by atoms with Crippen molar-refractivity contribution >= 4 is 5.78 Å². The molecule has 1 heterocycles. The third-order valence-corrected chi connectivity index (χ3v) is 2.81. The van der Waals surface area contributed by atoms with E-state index in [1.807, 2.05) is 19.9 Å². The summed E-state index contributed by atoms with van der Waals surface area (Å²) in [4.78, 5) is 12.5. The summed E-state index contributed by atoms with van der Waals surface area (Å²) in [6.07, 6.45) is 1.59. The molecule has 0 radical (unpaired) electrons. The van der Waals surface area contributed by atoms with Crippen LogP contribution in [0.4, 0.5) is 0 Å². The van der Waals surface area contributed by atoms with Gasteiger partial charge in [-0.05, 0) is 26.0 Å². The molecule has 1 aromatic heterocycles. The van der Waals surface area contributed by atoms with Gasteiger partial charge in [0.05, 0.1) is 19.4 Å². The van der Waals surface area contributed by atoms with Crippen LogP contribution in [0.3, 0.4) is 0 Å². The lowest BCUT2D eigenvalue weighted by molar-refractivity contribution is 0.102. The van der Waals surface area contributed by atoms with Crippen LogP contribution in [0.5, 0.6) is 11.5 Å². The van der Waals surface area contributed by atoms with E-state index in [9.17, 15) is 4.79 Å². The Hall–Kier alpha value is -2.30. The molecule has 0 amide bonds. The van der Waals surface area contributed by atoms with Gasteiger partial charge in [-0.25, -0.2) is 0 Å². The van der Waals surface area contributed by atoms with E-state index < -0.39 is 0 Å². The minimum absolute atomic E-state index is 0.0617. The van der Waals surface area contributed by atoms with Gasteiger partial charge in [0.1, 0.15) is 5.75 Å². The summed E-state index contributed by atoms with van der Waals surface area (Å²) in [5.41, 5.74) is 0.972. The van der Waals surface area contributed by atoms with Crippen molar-refractivity contribution in [2.24, 2.45) is 7.05 Å². The molecule has 20 heavy (non-hydrogen) atoms. The number of aryl methyl sites for hydroxylation is 1. The van der Waals surface area contributed by atoms with E-state index in [2.05, 4.69) is 5.10 Å². The molecular weight excluding hydrogens is 256 g/mol. The molecule has 0 spiro atoms. The Kier molecular flexibility index (Phi) is 4.08. The molecule has 2 aromatic rings. The summed E-state index contributed by atoms with van der Waals surface area (Å²) < 4.78 is 12.3. The van der Waals surface area contributed by atoms with E-state index in [4.69, 9.17) is 9.47 Å². The number of benzene rings is 1. The number of carbonyl (C=O) groups is 1. The molecule has 5 nitrogen and oxygen atoms in total. The van der Waals surface area contributed by atoms with E-state index in [0.717, 1.165) is 0 Å². The normalized spacial score (nSPS) is 10.7. The molecule has 0 saturated heterocycles. The highest BCUT2D eigenvalue weighted by molar-refractivity contribution is 6.09. The van der Waals surface area contributed by atoms with E-state index in [-0.39, 0.29) is 11.9 Å². The lowest BCUT2D eigenvalue weighted by Crippen LogP contribution is -2.11. The van der Waals surface area contributed by atoms with Crippen molar-refractivity contribution in [3.63, 3.8) is 0 Å². The van der Waals surface area contributed by atoms with Gasteiger partial charge >= 0.3 is 0 Å². The quantitative estimate of drug-likeness (QED) is 0.786. The zero-order chi connectivity index (χ0) is 14.7. The van der Waals surface area contributed by atoms with Gasteiger partial charge in [0.15, 0.2) is 11.4 Å². The Morgan fingerprint density at radius 1 is 1.35 bits per heavy atom. The molecule has 0 aliphatic heterocycles. The average Bonchev–Trinajstić information content (AvgIpc) is 2.78. The largest absolute Gasteiger partial charge is 0.493 e. The summed E-state index contributed by atoms with van der Waals surface area (Å²) in [6.45, 7) is 3.89. The number of aromatic nitrogens is 2. The Morgan fingerprint density at radius 2 is 2.10 bits per heavy atom. The Balaban J connectivity index is 2.36. The maximum Gasteiger partial charge on any atom is 0.214 e. The second kappa shape index (κ2) is 5.77. The Morgan fingerprint density at radius 3 is 2.75 bits per heavy atom. The highest BCUT2D eigenvalue weighted by atomic mass is 16.5. The van der Waals surface area contributed by atoms with Crippen molar-refractivity contribution in [3.05, 3.63) is 41.7 Å². The van der Waals surface area contributed by atoms with Gasteiger partial charge in [0, 0.05) is 12.6 Å². The third kappa shape index (κ3) is 2.82. The van der Waals surface area contributed by atoms with E-state index in [1.54, 1.807) is 25.2 Å². The summed E-state index contributed by atoms with van der Waals surface area (Å²) >= 11 is 0. The number of hydrogen-bond acceptors (Lipinski definition) is 4. The van der Waals surface area contributed by atoms with Gasteiger partial charge in [-0.1, -0.05) is 12.1 Å². The van der Waals surface area contributed by atoms with Crippen LogP contribution in [0.2, 0.25) is 0 Å². The minimum atomic E-state index is -0.143. The molecule has 2 rings (SSSR count). The molecule has 5 heteroatoms. The van der Waals surface area contributed by atoms with Gasteiger partial charge in [-0.2, -0.15) is 5.10 Å². The van der Waals surface area contributed by atoms with Crippen molar-refractivity contribution in [1.29, 1.82) is 0 Å². The second-order valence-corrected chi connectivity index (χ2v) is 4.71. The maximum absolute atomic E-state index is 12.5. The highest BCUT2D eigenvalue weighted by Gasteiger charge is 2.19. The molecule has 0 saturated carbocycles. The van der Waals surface area contributed by atoms with Crippen molar-refractivity contribution in [3.8, 4) is 11.5 Å². The topological polar surface area (TPSA) is 53.4 Å². The van der Waals surface area contributed by atoms with Crippen LogP contribution in [0.25, 0.3) is 0 Å². The van der Waals surface area contributed by atoms with Gasteiger partial charge in [-0.3, -0.25) is 9.48 Å². The number of nitrogens with zero attached hydrogens (tertiary/aromatic N) is 2. The molecule has 0 fully saturated rings. The monoisotopic (exact) mass is 274 g/mol. The Labute approximate surface area is 118 Å². The third-order valence-electron chi connectivity index (χ3n) is 2.81. The predicted octanol–water partition coefficient (Wildman–Crippen LogP) is 2.45. The number of hydrogen-bond donors (Lipinski definition) is 0. The summed E-state index contributed by atoms with van der Waals surface area (Å²) in [7, 11) is 3.23. The highest BCUT2D eigenvalue weighted by Crippen LogP contribution is 2.23. The van der Waals surface area contributed by atoms with Crippen LogP contribution < -0.4 is 9.47 Å². The first-order valence-electron chi connectivity index (χ1n) is 6.40. The first kappa shape index (κ1) is 14.1. The zero-order valence-electron chi connectivity index (χ0n) is 12.1. The van der Waals surface area contributed by atoms with Gasteiger partial charge in [0.2, 0.25) is 5.78 Å². The lowest BCUT2D eigenvalue weighted by atomic mass is 10.1. The molecule has 1 aromatic carbocycles. The minimum Gasteiger partial charge on any atom is -0.493 e. The van der Waals surface area contributed by atoms with E-state index in [0.29, 0.717) is 22.8 Å². The fourth-order valence-corrected chi connectivity index (χ4v) is 1.95. The van der Waals surface area contributed by atoms with Crippen molar-refractivity contribution in [2.45, 2.75) is 20.0 Å². The van der Waals surface area contributed by atoms with Crippen molar-refractivity contribution in [2.75, 3.05) is 7.11 Å². The van der Waals surface area contributed by atoms with Gasteiger partial charge in [0.25, 0.3) is 0 Å². The van der Waals surface area contributed by atoms with Crippen LogP contribution in [-0.4, -0.2) is 28.8 Å². The summed E-state index contributed by atoms with van der Waals surface area (Å²) in [5, 5.41) is 4.04. The Bertz CT molecular complexity index is 617. The van der Waals surface area contributed by atoms with E-state index >= 15 is 0 Å². The smallest absolute Gasteiger partial charge is 0.214 e. The van der Waals surface area contributed by atoms with Crippen LogP contribution in [0, 0.1) is 0 Å². The van der Waals surface area contributed by atoms with Gasteiger partial charge in [-0.15, -0.1) is 0 Å². The SMILES string of the molecule is COc1cnn(C)c1C(=O)c1cccc(OC(C)C)c1. The first-order valence-corrected chi connectivity index (χ1v) is 6.40. The molecule has 106 valence electrons. The number of carbonyl (C=O) groups excluding carboxylic acids is 1. The molecule has 0 N–H and O–H groups in total. The van der Waals surface area contributed by atoms with Crippen LogP contribution in [-0.2, 0) is 7.05 Å². The van der Waals surface area contributed by atoms with Crippen LogP contribution >= 0.6 is 0 Å². The zero-order valence-corrected chi connectivity index (χ0v) is 12.1. The number of ether oxygens (including phenoxy) is 2. The fraction of sp³-hybridized carbons (Fsp3) is 0.333. The van der Waals surface area contributed by atoms with Gasteiger partial charge < -0.3 is 9.47 Å². The fourth-order valence-electron chi connectivity index (χ4n) is 1.95. The lowest BCUT2D eigenvalue weighted by Gasteiger charge is -2.11. The first-order chi connectivity index (χ1) is 9.52. The molecular formula is C15H18N2O3. The predicted molar refractivity (Wildman–Crippen MR) is 75.4 cm³/mol. The van der Waals surface area contributed by atoms with E-state index in [1.165, 1.54) is 18.0 Å². The van der Waals surface area contributed by atoms with Crippen LogP contribution in [0.15, 0.2) is 30.5 Å². The summed E-state index contributed by atoms with van der Waals surface area (Å²) in [6, 6.07) is 7.11. The maximum atomic E-state index is 12.5. The van der Waals surface area contributed by atoms with Crippen molar-refractivity contribution in [1.82, 2.24) is 9.78 Å². The number of rotatable bonds is 5. The summed E-state index contributed by atoms with van der Waals surface area (Å²) in [5.74, 6) is 0.996. The standard InChI is InChI=1S/C15H18N2O3/c1-10(2)20-12-7-5-6-11(8-12)15(18)14-13(19-4)9-16-17(14)3/h5-10H,1-4H3. The molecule has 0 bridgehead atoms. The molecule has 0 aliphatic carbocycles. The molecule has 0 atom stereocenters. The number of methoxy groups -OCH3 is 1. The van der Waals surface area contributed by atoms with Crippen molar-refractivity contribution < 1.29 is 14.3 Å². The molecule has 0 aliphatic rings. The molecule has 0 unspecified atom stereocenters. The second-order valence-electron chi connectivity index (χ2n) is 4.71. The number of ketones is 1. The van der Waals surface area contributed by atoms with Crippen LogP contribution in [0.1, 0.15) is 29.9 Å². The average molecular weight is 274 g/mol.